The van der Waals surface area contributed by atoms with Gasteiger partial charge in [-0.2, -0.15) is 0 Å². The molecular weight excluding hydrogens is 364 g/mol. The number of carbonyl (C=O) groups excluding carboxylic acids is 1. The number of benzene rings is 2. The Labute approximate surface area is 160 Å². The van der Waals surface area contributed by atoms with Gasteiger partial charge in [0.15, 0.2) is 0 Å². The van der Waals surface area contributed by atoms with Gasteiger partial charge in [0.05, 0.1) is 11.3 Å². The summed E-state index contributed by atoms with van der Waals surface area (Å²) in [4.78, 5) is 20.6. The van der Waals surface area contributed by atoms with Crippen molar-refractivity contribution in [3.8, 4) is 11.3 Å². The Morgan fingerprint density at radius 3 is 2.82 bits per heavy atom. The van der Waals surface area contributed by atoms with Crippen LogP contribution in [0.5, 0.6) is 0 Å². The molecule has 2 aliphatic rings. The van der Waals surface area contributed by atoms with Gasteiger partial charge in [-0.3, -0.25) is 9.63 Å². The van der Waals surface area contributed by atoms with Crippen LogP contribution < -0.4 is 10.8 Å². The number of piperidine rings is 1. The molecule has 2 aliphatic heterocycles. The van der Waals surface area contributed by atoms with Crippen LogP contribution in [0.25, 0.3) is 22.2 Å². The van der Waals surface area contributed by atoms with Gasteiger partial charge in [-0.05, 0) is 49.1 Å². The summed E-state index contributed by atoms with van der Waals surface area (Å²) in [7, 11) is 0. The van der Waals surface area contributed by atoms with E-state index in [0.29, 0.717) is 33.3 Å². The van der Waals surface area contributed by atoms with Crippen LogP contribution in [0.15, 0.2) is 30.3 Å². The normalized spacial score (nSPS) is 19.5. The third kappa shape index (κ3) is 2.78. The van der Waals surface area contributed by atoms with E-state index in [4.69, 9.17) is 4.84 Å². The van der Waals surface area contributed by atoms with E-state index in [1.165, 1.54) is 18.2 Å². The van der Waals surface area contributed by atoms with E-state index in [1.807, 2.05) is 12.1 Å². The van der Waals surface area contributed by atoms with Gasteiger partial charge in [0.25, 0.3) is 5.91 Å². The maximum absolute atomic E-state index is 14.9. The molecule has 1 aromatic heterocycles. The van der Waals surface area contributed by atoms with Gasteiger partial charge in [-0.1, -0.05) is 12.1 Å². The predicted molar refractivity (Wildman–Crippen MR) is 101 cm³/mol. The maximum Gasteiger partial charge on any atom is 0.275 e. The molecule has 0 radical (unpaired) electrons. The lowest BCUT2D eigenvalue weighted by Crippen LogP contribution is -2.28. The van der Waals surface area contributed by atoms with E-state index >= 15 is 0 Å². The standard InChI is InChI=1S/C21H19F2N3O2/c22-13-7-15-19-16(10-28-26-21(15)27)20(25-18(19)8-13)11-3-4-14(17(23)6-11)12-2-1-5-24-9-12/h3-4,6-8,12,24-25H,1-2,5,9-10H2,(H,26,27)/t12-/m0/s1. The number of hydrogen-bond donors (Lipinski definition) is 3. The summed E-state index contributed by atoms with van der Waals surface area (Å²) in [6.07, 6.45) is 2.00. The summed E-state index contributed by atoms with van der Waals surface area (Å²) in [5.74, 6) is -1.12. The van der Waals surface area contributed by atoms with Gasteiger partial charge < -0.3 is 10.3 Å². The van der Waals surface area contributed by atoms with Crippen molar-refractivity contribution in [2.24, 2.45) is 0 Å². The molecule has 0 unspecified atom stereocenters. The number of halogens is 2. The zero-order valence-electron chi connectivity index (χ0n) is 15.1. The fourth-order valence-electron chi connectivity index (χ4n) is 4.30. The fraction of sp³-hybridized carbons (Fsp3) is 0.286. The van der Waals surface area contributed by atoms with Gasteiger partial charge in [-0.15, -0.1) is 0 Å². The third-order valence-electron chi connectivity index (χ3n) is 5.62. The van der Waals surface area contributed by atoms with Crippen LogP contribution in [-0.2, 0) is 11.4 Å². The van der Waals surface area contributed by atoms with Crippen LogP contribution >= 0.6 is 0 Å². The minimum Gasteiger partial charge on any atom is -0.354 e. The van der Waals surface area contributed by atoms with E-state index in [0.717, 1.165) is 25.9 Å². The van der Waals surface area contributed by atoms with Crippen molar-refractivity contribution >= 4 is 16.8 Å². The van der Waals surface area contributed by atoms with Crippen molar-refractivity contribution in [3.63, 3.8) is 0 Å². The first-order chi connectivity index (χ1) is 13.6. The molecule has 1 atom stereocenters. The van der Waals surface area contributed by atoms with Crippen LogP contribution in [0.3, 0.4) is 0 Å². The maximum atomic E-state index is 14.9. The second kappa shape index (κ2) is 6.68. The molecule has 0 saturated carbocycles. The van der Waals surface area contributed by atoms with E-state index in [1.54, 1.807) is 0 Å². The highest BCUT2D eigenvalue weighted by atomic mass is 19.1. The summed E-state index contributed by atoms with van der Waals surface area (Å²) in [5, 5.41) is 3.91. The molecule has 3 N–H and O–H groups in total. The van der Waals surface area contributed by atoms with E-state index in [9.17, 15) is 13.6 Å². The predicted octanol–water partition coefficient (Wildman–Crippen LogP) is 3.76. The Morgan fingerprint density at radius 2 is 2.04 bits per heavy atom. The Balaban J connectivity index is 1.63. The Hall–Kier alpha value is -2.77. The summed E-state index contributed by atoms with van der Waals surface area (Å²) in [5.41, 5.74) is 5.68. The first-order valence-electron chi connectivity index (χ1n) is 9.38. The molecule has 3 aromatic rings. The lowest BCUT2D eigenvalue weighted by molar-refractivity contribution is 0.0255. The van der Waals surface area contributed by atoms with E-state index < -0.39 is 11.7 Å². The van der Waals surface area contributed by atoms with Gasteiger partial charge in [0, 0.05) is 28.6 Å². The van der Waals surface area contributed by atoms with Gasteiger partial charge in [0.1, 0.15) is 18.2 Å². The third-order valence-corrected chi connectivity index (χ3v) is 5.62. The first-order valence-corrected chi connectivity index (χ1v) is 9.38. The summed E-state index contributed by atoms with van der Waals surface area (Å²) < 4.78 is 28.9. The number of hydrogen-bond acceptors (Lipinski definition) is 3. The number of amides is 1. The molecule has 2 aromatic carbocycles. The minimum absolute atomic E-state index is 0.107. The van der Waals surface area contributed by atoms with Crippen molar-refractivity contribution in [2.75, 3.05) is 13.1 Å². The number of carbonyl (C=O) groups is 1. The molecule has 5 rings (SSSR count). The molecule has 7 heteroatoms. The zero-order chi connectivity index (χ0) is 19.3. The van der Waals surface area contributed by atoms with Gasteiger partial charge in [0.2, 0.25) is 0 Å². The summed E-state index contributed by atoms with van der Waals surface area (Å²) >= 11 is 0. The molecule has 3 heterocycles. The van der Waals surface area contributed by atoms with Crippen molar-refractivity contribution in [1.82, 2.24) is 15.8 Å². The quantitative estimate of drug-likeness (QED) is 0.631. The molecule has 0 aliphatic carbocycles. The molecule has 1 amide bonds. The highest BCUT2D eigenvalue weighted by molar-refractivity contribution is 6.09. The minimum atomic E-state index is -0.523. The molecule has 0 bridgehead atoms. The van der Waals surface area contributed by atoms with E-state index in [-0.39, 0.29) is 23.9 Å². The van der Waals surface area contributed by atoms with Crippen molar-refractivity contribution < 1.29 is 18.4 Å². The average molecular weight is 383 g/mol. The number of hydroxylamine groups is 1. The molecule has 5 nitrogen and oxygen atoms in total. The van der Waals surface area contributed by atoms with Crippen LogP contribution in [0.4, 0.5) is 8.78 Å². The van der Waals surface area contributed by atoms with Crippen LogP contribution in [-0.4, -0.2) is 24.0 Å². The molecule has 28 heavy (non-hydrogen) atoms. The van der Waals surface area contributed by atoms with Gasteiger partial charge >= 0.3 is 0 Å². The zero-order valence-corrected chi connectivity index (χ0v) is 15.1. The number of rotatable bonds is 2. The lowest BCUT2D eigenvalue weighted by Gasteiger charge is -2.23. The largest absolute Gasteiger partial charge is 0.354 e. The summed E-state index contributed by atoms with van der Waals surface area (Å²) in [6, 6.07) is 7.71. The fourth-order valence-corrected chi connectivity index (χ4v) is 4.30. The van der Waals surface area contributed by atoms with Gasteiger partial charge in [-0.25, -0.2) is 14.3 Å². The Kier molecular flexibility index (Phi) is 4.14. The first kappa shape index (κ1) is 17.3. The second-order valence-electron chi connectivity index (χ2n) is 7.35. The Bertz CT molecular complexity index is 1090. The smallest absolute Gasteiger partial charge is 0.275 e. The van der Waals surface area contributed by atoms with Crippen LogP contribution in [0.1, 0.15) is 40.2 Å². The molecule has 1 fully saturated rings. The number of aromatic nitrogens is 1. The number of H-pyrrole nitrogens is 1. The summed E-state index contributed by atoms with van der Waals surface area (Å²) in [6.45, 7) is 1.86. The van der Waals surface area contributed by atoms with Crippen molar-refractivity contribution in [3.05, 3.63) is 58.7 Å². The van der Waals surface area contributed by atoms with Crippen molar-refractivity contribution in [1.29, 1.82) is 0 Å². The highest BCUT2D eigenvalue weighted by Gasteiger charge is 2.25. The molecule has 0 spiro atoms. The highest BCUT2D eigenvalue weighted by Crippen LogP contribution is 2.36. The average Bonchev–Trinajstić information content (AvgIpc) is 2.97. The lowest BCUT2D eigenvalue weighted by atomic mass is 9.90. The monoisotopic (exact) mass is 383 g/mol. The molecule has 1 saturated heterocycles. The van der Waals surface area contributed by atoms with Crippen LogP contribution in [0.2, 0.25) is 0 Å². The van der Waals surface area contributed by atoms with Crippen molar-refractivity contribution in [2.45, 2.75) is 25.4 Å². The van der Waals surface area contributed by atoms with E-state index in [2.05, 4.69) is 15.8 Å². The SMILES string of the molecule is O=C1NOCc2c(-c3ccc([C@H]4CCCNC4)c(F)c3)[nH]c3cc(F)cc1c23. The Morgan fingerprint density at radius 1 is 1.14 bits per heavy atom. The molecule has 144 valence electrons. The van der Waals surface area contributed by atoms with Crippen LogP contribution in [0, 0.1) is 11.6 Å². The topological polar surface area (TPSA) is 66.2 Å². The number of nitrogens with one attached hydrogen (secondary N) is 3. The second-order valence-corrected chi connectivity index (χ2v) is 7.35. The molecular formula is C21H19F2N3O2. The number of aromatic amines is 1.